The lowest BCUT2D eigenvalue weighted by molar-refractivity contribution is -0.147. The third kappa shape index (κ3) is 6.65. The first-order chi connectivity index (χ1) is 17.1. The van der Waals surface area contributed by atoms with E-state index >= 15 is 0 Å². The molecule has 1 atom stereocenters. The van der Waals surface area contributed by atoms with E-state index in [0.717, 1.165) is 47.3 Å². The lowest BCUT2D eigenvalue weighted by atomic mass is 9.93. The summed E-state index contributed by atoms with van der Waals surface area (Å²) >= 11 is 1.56. The van der Waals surface area contributed by atoms with E-state index in [1.165, 1.54) is 6.92 Å². The van der Waals surface area contributed by atoms with Gasteiger partial charge in [0.15, 0.2) is 5.13 Å². The second-order valence-electron chi connectivity index (χ2n) is 10.0. The molecule has 1 unspecified atom stereocenters. The summed E-state index contributed by atoms with van der Waals surface area (Å²) in [7, 11) is -3.70. The molecule has 4 rings (SSSR count). The molecule has 1 saturated heterocycles. The zero-order valence-corrected chi connectivity index (χ0v) is 23.1. The summed E-state index contributed by atoms with van der Waals surface area (Å²) < 4.78 is 40.3. The molecule has 2 heterocycles. The number of thiazole rings is 1. The summed E-state index contributed by atoms with van der Waals surface area (Å²) in [6.45, 7) is 8.99. The van der Waals surface area contributed by atoms with Gasteiger partial charge in [-0.1, -0.05) is 23.5 Å². The minimum absolute atomic E-state index is 0.125. The van der Waals surface area contributed by atoms with Crippen molar-refractivity contribution >= 4 is 32.5 Å². The molecule has 1 aromatic heterocycles. The van der Waals surface area contributed by atoms with Crippen LogP contribution in [0.3, 0.4) is 0 Å². The van der Waals surface area contributed by atoms with Crippen molar-refractivity contribution in [3.8, 4) is 10.4 Å². The number of hydrogen-bond acceptors (Lipinski definition) is 8. The monoisotopic (exact) mass is 535 g/mol. The van der Waals surface area contributed by atoms with E-state index < -0.39 is 10.0 Å². The first-order valence-electron chi connectivity index (χ1n) is 12.7. The lowest BCUT2D eigenvalue weighted by Gasteiger charge is -2.28. The van der Waals surface area contributed by atoms with Crippen molar-refractivity contribution in [3.05, 3.63) is 29.5 Å². The molecular formula is C26H37N3O5S2. The molecule has 1 aromatic carbocycles. The predicted octanol–water partition coefficient (Wildman–Crippen LogP) is 4.81. The highest BCUT2D eigenvalue weighted by atomic mass is 32.2. The molecule has 2 N–H and O–H groups in total. The Morgan fingerprint density at radius 1 is 1.14 bits per heavy atom. The Morgan fingerprint density at radius 2 is 1.83 bits per heavy atom. The van der Waals surface area contributed by atoms with Crippen LogP contribution >= 0.6 is 11.3 Å². The van der Waals surface area contributed by atoms with Gasteiger partial charge in [0.1, 0.15) is 6.10 Å². The molecule has 2 fully saturated rings. The third-order valence-corrected chi connectivity index (χ3v) is 9.99. The number of aryl methyl sites for hydroxylation is 2. The molecule has 10 heteroatoms. The Bertz CT molecular complexity index is 1170. The van der Waals surface area contributed by atoms with Gasteiger partial charge in [0.05, 0.1) is 15.5 Å². The molecule has 1 aliphatic heterocycles. The average Bonchev–Trinajstić information content (AvgIpc) is 3.20. The van der Waals surface area contributed by atoms with Crippen LogP contribution in [0.4, 0.5) is 5.13 Å². The Hall–Kier alpha value is -2.01. The van der Waals surface area contributed by atoms with E-state index in [2.05, 4.69) is 17.0 Å². The van der Waals surface area contributed by atoms with Crippen LogP contribution < -0.4 is 10.0 Å². The van der Waals surface area contributed by atoms with E-state index in [1.807, 2.05) is 26.0 Å². The maximum absolute atomic E-state index is 13.3. The number of carbonyl (C=O) groups is 1. The van der Waals surface area contributed by atoms with Crippen molar-refractivity contribution in [1.82, 2.24) is 9.71 Å². The van der Waals surface area contributed by atoms with Crippen LogP contribution in [0, 0.1) is 19.8 Å². The molecule has 36 heavy (non-hydrogen) atoms. The van der Waals surface area contributed by atoms with E-state index in [-0.39, 0.29) is 18.1 Å². The fourth-order valence-corrected chi connectivity index (χ4v) is 7.74. The molecule has 0 spiro atoms. The Morgan fingerprint density at radius 3 is 2.50 bits per heavy atom. The van der Waals surface area contributed by atoms with E-state index in [4.69, 9.17) is 14.5 Å². The Balaban J connectivity index is 1.47. The molecule has 0 radical (unpaired) electrons. The number of nitrogens with one attached hydrogen (secondary N) is 2. The molecule has 198 valence electrons. The second-order valence-corrected chi connectivity index (χ2v) is 12.7. The highest BCUT2D eigenvalue weighted by Crippen LogP contribution is 2.36. The van der Waals surface area contributed by atoms with Crippen molar-refractivity contribution in [3.63, 3.8) is 0 Å². The normalized spacial score (nSPS) is 22.2. The first-order valence-corrected chi connectivity index (χ1v) is 15.0. The van der Waals surface area contributed by atoms with Crippen LogP contribution in [-0.4, -0.2) is 50.8 Å². The van der Waals surface area contributed by atoms with Gasteiger partial charge in [0.2, 0.25) is 10.0 Å². The van der Waals surface area contributed by atoms with Crippen LogP contribution in [0.15, 0.2) is 23.1 Å². The van der Waals surface area contributed by atoms with E-state index in [9.17, 15) is 13.2 Å². The molecule has 8 nitrogen and oxygen atoms in total. The number of hydrogen-bond donors (Lipinski definition) is 2. The van der Waals surface area contributed by atoms with Gasteiger partial charge in [-0.15, -0.1) is 0 Å². The number of ether oxygens (including phenoxy) is 2. The van der Waals surface area contributed by atoms with E-state index in [0.29, 0.717) is 48.1 Å². The Kier molecular flexibility index (Phi) is 8.70. The molecule has 0 bridgehead atoms. The third-order valence-electron chi connectivity index (χ3n) is 7.19. The summed E-state index contributed by atoms with van der Waals surface area (Å²) in [4.78, 5) is 17.2. The molecule has 1 aliphatic carbocycles. The summed E-state index contributed by atoms with van der Waals surface area (Å²) in [6, 6.07) is 5.70. The van der Waals surface area contributed by atoms with Crippen molar-refractivity contribution in [2.45, 2.75) is 89.3 Å². The number of aromatic nitrogens is 1. The lowest BCUT2D eigenvalue weighted by Crippen LogP contribution is -2.39. The minimum atomic E-state index is -3.70. The molecular weight excluding hydrogens is 498 g/mol. The van der Waals surface area contributed by atoms with Gasteiger partial charge in [-0.3, -0.25) is 4.79 Å². The smallest absolute Gasteiger partial charge is 0.302 e. The maximum Gasteiger partial charge on any atom is 0.302 e. The van der Waals surface area contributed by atoms with Crippen LogP contribution in [0.25, 0.3) is 10.4 Å². The quantitative estimate of drug-likeness (QED) is 0.467. The van der Waals surface area contributed by atoms with Crippen molar-refractivity contribution < 1.29 is 22.7 Å². The highest BCUT2D eigenvalue weighted by molar-refractivity contribution is 7.89. The summed E-state index contributed by atoms with van der Waals surface area (Å²) in [6.07, 6.45) is 4.57. The number of nitrogens with zero attached hydrogens (tertiary/aromatic N) is 1. The van der Waals surface area contributed by atoms with Crippen molar-refractivity contribution in [1.29, 1.82) is 0 Å². The van der Waals surface area contributed by atoms with Gasteiger partial charge in [-0.25, -0.2) is 18.1 Å². The van der Waals surface area contributed by atoms with E-state index in [1.54, 1.807) is 17.4 Å². The number of sulfonamides is 1. The predicted molar refractivity (Wildman–Crippen MR) is 142 cm³/mol. The highest BCUT2D eigenvalue weighted by Gasteiger charge is 2.28. The molecule has 2 aliphatic rings. The van der Waals surface area contributed by atoms with Gasteiger partial charge >= 0.3 is 5.97 Å². The summed E-state index contributed by atoms with van der Waals surface area (Å²) in [5.41, 5.74) is 2.43. The second kappa shape index (κ2) is 11.6. The first kappa shape index (κ1) is 27.0. The summed E-state index contributed by atoms with van der Waals surface area (Å²) in [5.74, 6) is 0.263. The maximum atomic E-state index is 13.3. The van der Waals surface area contributed by atoms with Gasteiger partial charge < -0.3 is 14.8 Å². The van der Waals surface area contributed by atoms with Gasteiger partial charge in [-0.05, 0) is 82.4 Å². The topological polar surface area (TPSA) is 107 Å². The SMILES string of the molecule is CC(=O)OC1CCC(NS(=O)(=O)c2cc(-c3sc(NC(C)C4CCOCC4)nc3C)ccc2C)CC1. The average molecular weight is 536 g/mol. The number of rotatable bonds is 8. The molecule has 0 amide bonds. The molecule has 2 aromatic rings. The van der Waals surface area contributed by atoms with Gasteiger partial charge in [0, 0.05) is 32.2 Å². The van der Waals surface area contributed by atoms with Crippen molar-refractivity contribution in [2.24, 2.45) is 5.92 Å². The largest absolute Gasteiger partial charge is 0.463 e. The van der Waals surface area contributed by atoms with Crippen LogP contribution in [-0.2, 0) is 24.3 Å². The van der Waals surface area contributed by atoms with Gasteiger partial charge in [0.25, 0.3) is 0 Å². The zero-order chi connectivity index (χ0) is 25.9. The number of anilines is 1. The minimum Gasteiger partial charge on any atom is -0.463 e. The zero-order valence-electron chi connectivity index (χ0n) is 21.5. The summed E-state index contributed by atoms with van der Waals surface area (Å²) in [5, 5.41) is 4.41. The van der Waals surface area contributed by atoms with Gasteiger partial charge in [-0.2, -0.15) is 0 Å². The number of esters is 1. The molecule has 1 saturated carbocycles. The van der Waals surface area contributed by atoms with Crippen LogP contribution in [0.5, 0.6) is 0 Å². The van der Waals surface area contributed by atoms with Crippen molar-refractivity contribution in [2.75, 3.05) is 18.5 Å². The Labute approximate surface area is 218 Å². The number of carbonyl (C=O) groups excluding carboxylic acids is 1. The van der Waals surface area contributed by atoms with Crippen LogP contribution in [0.2, 0.25) is 0 Å². The fourth-order valence-electron chi connectivity index (χ4n) is 5.10. The fraction of sp³-hybridized carbons (Fsp3) is 0.615. The van der Waals surface area contributed by atoms with Crippen LogP contribution in [0.1, 0.15) is 63.6 Å². The number of benzene rings is 1. The standard InChI is InChI=1S/C26H37N3O5S2/c1-16-5-6-21(25-18(3)28-26(35-25)27-17(2)20-11-13-33-14-12-20)15-24(16)36(31,32)29-22-7-9-23(10-8-22)34-19(4)30/h5-6,15,17,20,22-23,29H,7-14H2,1-4H3,(H,27,28).